The monoisotopic (exact) mass is 328 g/mol. The Morgan fingerprint density at radius 1 is 0.875 bits per heavy atom. The third-order valence-corrected chi connectivity index (χ3v) is 3.09. The Labute approximate surface area is 139 Å². The second-order valence-corrected chi connectivity index (χ2v) is 5.04. The van der Waals surface area contributed by atoms with E-state index in [2.05, 4.69) is 31.0 Å². The Morgan fingerprint density at radius 3 is 1.71 bits per heavy atom. The fourth-order valence-electron chi connectivity index (χ4n) is 1.88. The summed E-state index contributed by atoms with van der Waals surface area (Å²) in [5.74, 6) is -0.356. The Hall–Kier alpha value is -3.16. The number of hydrogen-bond acceptors (Lipinski definition) is 4. The SMILES string of the molecule is O=C(CCCCC(=O)NN=Cc1ccc[nH]1)NN=Cc1ccc[nH]1. The van der Waals surface area contributed by atoms with Gasteiger partial charge in [-0.2, -0.15) is 10.2 Å². The Morgan fingerprint density at radius 2 is 1.33 bits per heavy atom. The lowest BCUT2D eigenvalue weighted by Crippen LogP contribution is -2.19. The predicted octanol–water partition coefficient (Wildman–Crippen LogP) is 1.50. The average molecular weight is 328 g/mol. The van der Waals surface area contributed by atoms with Crippen molar-refractivity contribution in [3.05, 3.63) is 48.0 Å². The minimum absolute atomic E-state index is 0.178. The molecule has 0 atom stereocenters. The van der Waals surface area contributed by atoms with Gasteiger partial charge in [-0.1, -0.05) is 0 Å². The molecule has 2 rings (SSSR count). The molecule has 0 fully saturated rings. The van der Waals surface area contributed by atoms with Crippen molar-refractivity contribution in [3.8, 4) is 0 Å². The van der Waals surface area contributed by atoms with Gasteiger partial charge in [0.05, 0.1) is 23.8 Å². The summed E-state index contributed by atoms with van der Waals surface area (Å²) in [4.78, 5) is 29.0. The lowest BCUT2D eigenvalue weighted by molar-refractivity contribution is -0.123. The second-order valence-electron chi connectivity index (χ2n) is 5.04. The van der Waals surface area contributed by atoms with E-state index in [1.807, 2.05) is 24.3 Å². The summed E-state index contributed by atoms with van der Waals surface area (Å²) in [6, 6.07) is 7.37. The van der Waals surface area contributed by atoms with E-state index in [4.69, 9.17) is 0 Å². The van der Waals surface area contributed by atoms with Crippen molar-refractivity contribution in [1.82, 2.24) is 20.8 Å². The zero-order chi connectivity index (χ0) is 17.0. The molecule has 24 heavy (non-hydrogen) atoms. The molecule has 0 aliphatic carbocycles. The van der Waals surface area contributed by atoms with E-state index in [0.717, 1.165) is 11.4 Å². The van der Waals surface area contributed by atoms with E-state index in [1.165, 1.54) is 12.4 Å². The Kier molecular flexibility index (Phi) is 7.00. The normalized spacial score (nSPS) is 11.2. The number of aromatic amines is 2. The molecule has 2 aromatic heterocycles. The largest absolute Gasteiger partial charge is 0.360 e. The summed E-state index contributed by atoms with van der Waals surface area (Å²) in [7, 11) is 0. The van der Waals surface area contributed by atoms with Crippen LogP contribution in [0.1, 0.15) is 37.1 Å². The molecule has 0 bridgehead atoms. The van der Waals surface area contributed by atoms with Gasteiger partial charge < -0.3 is 9.97 Å². The minimum atomic E-state index is -0.178. The van der Waals surface area contributed by atoms with Crippen LogP contribution in [0.3, 0.4) is 0 Å². The number of hydrogen-bond donors (Lipinski definition) is 4. The van der Waals surface area contributed by atoms with Gasteiger partial charge in [0.25, 0.3) is 0 Å². The Balaban J connectivity index is 1.52. The molecule has 8 nitrogen and oxygen atoms in total. The van der Waals surface area contributed by atoms with E-state index in [-0.39, 0.29) is 11.8 Å². The first-order valence-electron chi connectivity index (χ1n) is 7.64. The zero-order valence-electron chi connectivity index (χ0n) is 13.2. The van der Waals surface area contributed by atoms with Crippen LogP contribution < -0.4 is 10.9 Å². The Bertz CT molecular complexity index is 613. The number of rotatable bonds is 9. The van der Waals surface area contributed by atoms with Gasteiger partial charge in [-0.3, -0.25) is 9.59 Å². The maximum atomic E-state index is 11.6. The first-order valence-corrected chi connectivity index (χ1v) is 7.64. The predicted molar refractivity (Wildman–Crippen MR) is 91.5 cm³/mol. The highest BCUT2D eigenvalue weighted by Crippen LogP contribution is 2.00. The highest BCUT2D eigenvalue weighted by atomic mass is 16.2. The van der Waals surface area contributed by atoms with Crippen molar-refractivity contribution in [3.63, 3.8) is 0 Å². The molecule has 2 heterocycles. The minimum Gasteiger partial charge on any atom is -0.360 e. The van der Waals surface area contributed by atoms with Gasteiger partial charge in [-0.05, 0) is 37.1 Å². The summed E-state index contributed by atoms with van der Waals surface area (Å²) in [6.45, 7) is 0. The summed E-state index contributed by atoms with van der Waals surface area (Å²) >= 11 is 0. The number of carbonyl (C=O) groups is 2. The molecule has 0 aliphatic heterocycles. The molecule has 0 aromatic carbocycles. The summed E-state index contributed by atoms with van der Waals surface area (Å²) in [6.07, 6.45) is 8.48. The number of amides is 2. The topological polar surface area (TPSA) is 114 Å². The van der Waals surface area contributed by atoms with Crippen LogP contribution in [0.2, 0.25) is 0 Å². The van der Waals surface area contributed by atoms with Gasteiger partial charge >= 0.3 is 0 Å². The number of nitrogens with zero attached hydrogens (tertiary/aromatic N) is 2. The van der Waals surface area contributed by atoms with Crippen LogP contribution >= 0.6 is 0 Å². The number of hydrazone groups is 2. The number of H-pyrrole nitrogens is 2. The van der Waals surface area contributed by atoms with Gasteiger partial charge in [-0.25, -0.2) is 10.9 Å². The zero-order valence-corrected chi connectivity index (χ0v) is 13.2. The van der Waals surface area contributed by atoms with Crippen molar-refractivity contribution >= 4 is 24.2 Å². The molecule has 0 radical (unpaired) electrons. The second kappa shape index (κ2) is 9.78. The van der Waals surface area contributed by atoms with Crippen LogP contribution in [0.4, 0.5) is 0 Å². The van der Waals surface area contributed by atoms with Crippen molar-refractivity contribution in [2.24, 2.45) is 10.2 Å². The number of unbranched alkanes of at least 4 members (excludes halogenated alkanes) is 1. The van der Waals surface area contributed by atoms with Crippen LogP contribution in [0, 0.1) is 0 Å². The fraction of sp³-hybridized carbons (Fsp3) is 0.250. The van der Waals surface area contributed by atoms with Gasteiger partial charge in [0.15, 0.2) is 0 Å². The molecule has 0 aliphatic rings. The lowest BCUT2D eigenvalue weighted by Gasteiger charge is -2.00. The molecule has 2 aromatic rings. The maximum absolute atomic E-state index is 11.6. The summed E-state index contributed by atoms with van der Waals surface area (Å²) in [5, 5.41) is 7.67. The molecule has 4 N–H and O–H groups in total. The molecule has 0 spiro atoms. The highest BCUT2D eigenvalue weighted by Gasteiger charge is 2.03. The van der Waals surface area contributed by atoms with E-state index in [9.17, 15) is 9.59 Å². The van der Waals surface area contributed by atoms with Gasteiger partial charge in [0.2, 0.25) is 11.8 Å². The molecule has 0 unspecified atom stereocenters. The molecule has 126 valence electrons. The van der Waals surface area contributed by atoms with Gasteiger partial charge in [0, 0.05) is 25.2 Å². The number of nitrogens with one attached hydrogen (secondary N) is 4. The van der Waals surface area contributed by atoms with Crippen molar-refractivity contribution < 1.29 is 9.59 Å². The summed E-state index contributed by atoms with van der Waals surface area (Å²) < 4.78 is 0. The maximum Gasteiger partial charge on any atom is 0.240 e. The van der Waals surface area contributed by atoms with Crippen LogP contribution in [-0.2, 0) is 9.59 Å². The number of aromatic nitrogens is 2. The van der Waals surface area contributed by atoms with Gasteiger partial charge in [0.1, 0.15) is 0 Å². The van der Waals surface area contributed by atoms with Crippen molar-refractivity contribution in [2.45, 2.75) is 25.7 Å². The molecule has 8 heteroatoms. The standard InChI is InChI=1S/C16H20N6O2/c23-15(21-19-11-13-5-3-9-17-13)7-1-2-8-16(24)22-20-12-14-6-4-10-18-14/h3-6,9-12,17-18H,1-2,7-8H2,(H,21,23)(H,22,24). The lowest BCUT2D eigenvalue weighted by atomic mass is 10.2. The quantitative estimate of drug-likeness (QED) is 0.317. The van der Waals surface area contributed by atoms with E-state index < -0.39 is 0 Å². The number of carbonyl (C=O) groups excluding carboxylic acids is 2. The molecular formula is C16H20N6O2. The first-order chi connectivity index (χ1) is 11.7. The van der Waals surface area contributed by atoms with Crippen LogP contribution in [0.25, 0.3) is 0 Å². The summed E-state index contributed by atoms with van der Waals surface area (Å²) in [5.41, 5.74) is 6.51. The van der Waals surface area contributed by atoms with Gasteiger partial charge in [-0.15, -0.1) is 0 Å². The van der Waals surface area contributed by atoms with E-state index >= 15 is 0 Å². The smallest absolute Gasteiger partial charge is 0.240 e. The first kappa shape index (κ1) is 17.2. The molecule has 0 saturated heterocycles. The van der Waals surface area contributed by atoms with Crippen molar-refractivity contribution in [2.75, 3.05) is 0 Å². The average Bonchev–Trinajstić information content (AvgIpc) is 3.25. The molecular weight excluding hydrogens is 308 g/mol. The molecule has 0 saturated carbocycles. The van der Waals surface area contributed by atoms with Crippen LogP contribution in [-0.4, -0.2) is 34.2 Å². The molecule has 2 amide bonds. The fourth-order valence-corrected chi connectivity index (χ4v) is 1.88. The highest BCUT2D eigenvalue weighted by molar-refractivity contribution is 5.81. The third-order valence-electron chi connectivity index (χ3n) is 3.09. The third kappa shape index (κ3) is 6.73. The van der Waals surface area contributed by atoms with Crippen LogP contribution in [0.5, 0.6) is 0 Å². The van der Waals surface area contributed by atoms with E-state index in [0.29, 0.717) is 25.7 Å². The van der Waals surface area contributed by atoms with Crippen molar-refractivity contribution in [1.29, 1.82) is 0 Å². The van der Waals surface area contributed by atoms with Crippen LogP contribution in [0.15, 0.2) is 46.9 Å². The van der Waals surface area contributed by atoms with E-state index in [1.54, 1.807) is 12.4 Å².